The fourth-order valence-electron chi connectivity index (χ4n) is 2.19. The molecule has 1 aliphatic rings. The highest BCUT2D eigenvalue weighted by Gasteiger charge is 2.28. The molecule has 4 heteroatoms. The highest BCUT2D eigenvalue weighted by Crippen LogP contribution is 2.30. The van der Waals surface area contributed by atoms with Crippen molar-refractivity contribution in [1.29, 1.82) is 0 Å². The Bertz CT molecular complexity index is 429. The van der Waals surface area contributed by atoms with Crippen LogP contribution < -0.4 is 5.73 Å². The molecule has 1 aromatic carbocycles. The lowest BCUT2D eigenvalue weighted by Gasteiger charge is -2.35. The van der Waals surface area contributed by atoms with Crippen molar-refractivity contribution in [2.75, 3.05) is 0 Å². The highest BCUT2D eigenvalue weighted by molar-refractivity contribution is 5.90. The van der Waals surface area contributed by atoms with Gasteiger partial charge in [0.25, 0.3) is 0 Å². The van der Waals surface area contributed by atoms with Crippen LogP contribution in [0.1, 0.15) is 49.9 Å². The van der Waals surface area contributed by atoms with E-state index in [0.29, 0.717) is 0 Å². The van der Waals surface area contributed by atoms with E-state index in [4.69, 9.17) is 15.9 Å². The van der Waals surface area contributed by atoms with Crippen LogP contribution in [0.2, 0.25) is 0 Å². The van der Waals surface area contributed by atoms with Crippen LogP contribution in [-0.4, -0.2) is 21.7 Å². The molecule has 0 spiro atoms. The van der Waals surface area contributed by atoms with Gasteiger partial charge >= 0.3 is 5.97 Å². The molecule has 2 atom stereocenters. The first-order chi connectivity index (χ1) is 8.84. The van der Waals surface area contributed by atoms with E-state index < -0.39 is 5.97 Å². The average molecular weight is 265 g/mol. The van der Waals surface area contributed by atoms with Crippen LogP contribution in [0.5, 0.6) is 5.75 Å². The van der Waals surface area contributed by atoms with E-state index in [1.807, 2.05) is 0 Å². The van der Waals surface area contributed by atoms with Crippen molar-refractivity contribution in [3.05, 3.63) is 29.8 Å². The van der Waals surface area contributed by atoms with Gasteiger partial charge in [-0.05, 0) is 37.8 Å². The zero-order valence-electron chi connectivity index (χ0n) is 11.6. The van der Waals surface area contributed by atoms with E-state index >= 15 is 0 Å². The van der Waals surface area contributed by atoms with Gasteiger partial charge in [-0.3, -0.25) is 0 Å². The van der Waals surface area contributed by atoms with Gasteiger partial charge in [0.15, 0.2) is 0 Å². The number of hydrogen-bond acceptors (Lipinski definition) is 3. The molecule has 0 amide bonds. The minimum absolute atomic E-state index is 0.0671. The summed E-state index contributed by atoms with van der Waals surface area (Å²) < 4.78 is 0. The number of para-hydroxylation sites is 1. The van der Waals surface area contributed by atoms with E-state index in [0.717, 1.165) is 5.92 Å². The number of hydrogen-bond donors (Lipinski definition) is 3. The maximum Gasteiger partial charge on any atom is 0.339 e. The molecule has 0 heterocycles. The van der Waals surface area contributed by atoms with Crippen LogP contribution in [0.3, 0.4) is 0 Å². The van der Waals surface area contributed by atoms with Gasteiger partial charge in [0.05, 0.1) is 0 Å². The van der Waals surface area contributed by atoms with E-state index in [1.165, 1.54) is 37.8 Å². The highest BCUT2D eigenvalue weighted by atomic mass is 16.4. The third kappa shape index (κ3) is 4.56. The Morgan fingerprint density at radius 3 is 2.37 bits per heavy atom. The number of aromatic carboxylic acids is 1. The van der Waals surface area contributed by atoms with Gasteiger partial charge in [0.2, 0.25) is 0 Å². The Hall–Kier alpha value is -1.55. The van der Waals surface area contributed by atoms with Crippen molar-refractivity contribution in [3.63, 3.8) is 0 Å². The minimum Gasteiger partial charge on any atom is -0.507 e. The van der Waals surface area contributed by atoms with Crippen LogP contribution in [0.25, 0.3) is 0 Å². The lowest BCUT2D eigenvalue weighted by Crippen LogP contribution is -2.44. The molecule has 1 fully saturated rings. The SMILES string of the molecule is CC1CCCCC1(C)N.O=C(O)c1ccccc1O. The summed E-state index contributed by atoms with van der Waals surface area (Å²) in [4.78, 5) is 10.3. The second-order valence-corrected chi connectivity index (χ2v) is 5.47. The van der Waals surface area contributed by atoms with E-state index in [2.05, 4.69) is 13.8 Å². The number of carbonyl (C=O) groups is 1. The van der Waals surface area contributed by atoms with Crippen LogP contribution in [0.4, 0.5) is 0 Å². The molecule has 0 radical (unpaired) electrons. The fraction of sp³-hybridized carbons (Fsp3) is 0.533. The molecular weight excluding hydrogens is 242 g/mol. The van der Waals surface area contributed by atoms with Gasteiger partial charge in [0.1, 0.15) is 11.3 Å². The first-order valence-corrected chi connectivity index (χ1v) is 6.65. The number of carboxylic acids is 1. The summed E-state index contributed by atoms with van der Waals surface area (Å²) in [6.45, 7) is 4.44. The predicted octanol–water partition coefficient (Wildman–Crippen LogP) is 3.00. The minimum atomic E-state index is -1.11. The summed E-state index contributed by atoms with van der Waals surface area (Å²) in [5.74, 6) is -0.584. The van der Waals surface area contributed by atoms with Gasteiger partial charge < -0.3 is 15.9 Å². The molecule has 0 aliphatic heterocycles. The summed E-state index contributed by atoms with van der Waals surface area (Å²) in [6.07, 6.45) is 5.26. The molecule has 1 aliphatic carbocycles. The van der Waals surface area contributed by atoms with Crippen molar-refractivity contribution in [2.45, 2.75) is 45.1 Å². The molecule has 4 nitrogen and oxygen atoms in total. The molecule has 0 bridgehead atoms. The van der Waals surface area contributed by atoms with Gasteiger partial charge in [-0.25, -0.2) is 4.79 Å². The summed E-state index contributed by atoms with van der Waals surface area (Å²) >= 11 is 0. The maximum absolute atomic E-state index is 10.3. The first-order valence-electron chi connectivity index (χ1n) is 6.65. The molecule has 19 heavy (non-hydrogen) atoms. The van der Waals surface area contributed by atoms with E-state index in [9.17, 15) is 4.79 Å². The van der Waals surface area contributed by atoms with Crippen molar-refractivity contribution < 1.29 is 15.0 Å². The molecule has 4 N–H and O–H groups in total. The Balaban J connectivity index is 0.000000191. The summed E-state index contributed by atoms with van der Waals surface area (Å²) in [5.41, 5.74) is 6.09. The maximum atomic E-state index is 10.3. The topological polar surface area (TPSA) is 83.6 Å². The zero-order chi connectivity index (χ0) is 14.5. The average Bonchev–Trinajstić information content (AvgIpc) is 2.34. The monoisotopic (exact) mass is 265 g/mol. The van der Waals surface area contributed by atoms with Crippen LogP contribution in [-0.2, 0) is 0 Å². The summed E-state index contributed by atoms with van der Waals surface area (Å²) in [6, 6.07) is 5.81. The van der Waals surface area contributed by atoms with Gasteiger partial charge in [0, 0.05) is 5.54 Å². The zero-order valence-corrected chi connectivity index (χ0v) is 11.6. The Morgan fingerprint density at radius 1 is 1.37 bits per heavy atom. The third-order valence-corrected chi connectivity index (χ3v) is 3.86. The number of carboxylic acid groups (broad SMARTS) is 1. The van der Waals surface area contributed by atoms with E-state index in [-0.39, 0.29) is 16.9 Å². The largest absolute Gasteiger partial charge is 0.507 e. The van der Waals surface area contributed by atoms with Crippen molar-refractivity contribution in [3.8, 4) is 5.75 Å². The number of benzene rings is 1. The predicted molar refractivity (Wildman–Crippen MR) is 75.3 cm³/mol. The van der Waals surface area contributed by atoms with E-state index in [1.54, 1.807) is 12.1 Å². The van der Waals surface area contributed by atoms with Gasteiger partial charge in [-0.2, -0.15) is 0 Å². The Morgan fingerprint density at radius 2 is 2.00 bits per heavy atom. The molecule has 1 aromatic rings. The lowest BCUT2D eigenvalue weighted by atomic mass is 9.76. The van der Waals surface area contributed by atoms with Crippen LogP contribution in [0, 0.1) is 5.92 Å². The van der Waals surface area contributed by atoms with Crippen LogP contribution in [0.15, 0.2) is 24.3 Å². The molecule has 0 saturated heterocycles. The smallest absolute Gasteiger partial charge is 0.339 e. The number of aromatic hydroxyl groups is 1. The van der Waals surface area contributed by atoms with Gasteiger partial charge in [-0.1, -0.05) is 31.9 Å². The second-order valence-electron chi connectivity index (χ2n) is 5.47. The second kappa shape index (κ2) is 6.57. The number of nitrogens with two attached hydrogens (primary N) is 1. The van der Waals surface area contributed by atoms with Gasteiger partial charge in [-0.15, -0.1) is 0 Å². The molecule has 1 saturated carbocycles. The number of phenols is 1. The third-order valence-electron chi connectivity index (χ3n) is 3.86. The summed E-state index contributed by atoms with van der Waals surface area (Å²) in [7, 11) is 0. The van der Waals surface area contributed by atoms with Crippen molar-refractivity contribution in [1.82, 2.24) is 0 Å². The molecule has 2 unspecified atom stereocenters. The quantitative estimate of drug-likeness (QED) is 0.728. The Kier molecular flexibility index (Phi) is 5.36. The first kappa shape index (κ1) is 15.5. The van der Waals surface area contributed by atoms with Crippen molar-refractivity contribution >= 4 is 5.97 Å². The van der Waals surface area contributed by atoms with Crippen LogP contribution >= 0.6 is 0 Å². The molecule has 0 aromatic heterocycles. The molecule has 106 valence electrons. The fourth-order valence-corrected chi connectivity index (χ4v) is 2.19. The molecular formula is C15H23NO3. The standard InChI is InChI=1S/C8H17N.C7H6O3/c1-7-5-3-4-6-8(7,2)9;8-6-4-2-1-3-5(6)7(9)10/h7H,3-6,9H2,1-2H3;1-4,8H,(H,9,10). The summed E-state index contributed by atoms with van der Waals surface area (Å²) in [5, 5.41) is 17.3. The Labute approximate surface area is 114 Å². The number of rotatable bonds is 1. The lowest BCUT2D eigenvalue weighted by molar-refractivity contribution is 0.0693. The molecule has 2 rings (SSSR count). The normalized spacial score (nSPS) is 26.2. The van der Waals surface area contributed by atoms with Crippen molar-refractivity contribution in [2.24, 2.45) is 11.7 Å².